The van der Waals surface area contributed by atoms with E-state index in [-0.39, 0.29) is 16.9 Å². The summed E-state index contributed by atoms with van der Waals surface area (Å²) in [7, 11) is -3.39. The summed E-state index contributed by atoms with van der Waals surface area (Å²) < 4.78 is 14.5. The molecule has 6 nitrogen and oxygen atoms in total. The van der Waals surface area contributed by atoms with Crippen LogP contribution < -0.4 is 15.1 Å². The lowest BCUT2D eigenvalue weighted by molar-refractivity contribution is 0.251. The number of hydrogen-bond acceptors (Lipinski definition) is 3. The van der Waals surface area contributed by atoms with Crippen LogP contribution in [-0.4, -0.2) is 40.7 Å². The number of benzene rings is 1. The summed E-state index contributed by atoms with van der Waals surface area (Å²) in [5, 5.41) is 5.30. The van der Waals surface area contributed by atoms with Crippen molar-refractivity contribution in [3.05, 3.63) is 30.3 Å². The van der Waals surface area contributed by atoms with E-state index in [1.807, 2.05) is 6.07 Å². The minimum Gasteiger partial charge on any atom is -0.284 e. The molecule has 0 bridgehead atoms. The molecule has 0 aromatic heterocycles. The molecule has 1 aromatic carbocycles. The minimum absolute atomic E-state index is 0.0763. The third kappa shape index (κ3) is 3.73. The highest BCUT2D eigenvalue weighted by Crippen LogP contribution is 2.43. The molecule has 2 amide bonds. The number of nitrogens with one attached hydrogen (secondary N) is 2. The van der Waals surface area contributed by atoms with Crippen LogP contribution in [0.25, 0.3) is 0 Å². The molecule has 1 aliphatic heterocycles. The Balaban J connectivity index is 2.24. The van der Waals surface area contributed by atoms with Crippen molar-refractivity contribution < 1.29 is 9.36 Å². The van der Waals surface area contributed by atoms with Gasteiger partial charge in [0.1, 0.15) is 0 Å². The molecule has 0 aliphatic carbocycles. The fourth-order valence-corrected chi connectivity index (χ4v) is 5.04. The molecular weight excluding hydrogens is 366 g/mol. The first-order valence-electron chi connectivity index (χ1n) is 6.49. The summed E-state index contributed by atoms with van der Waals surface area (Å²) in [5.41, 5.74) is 0.588. The fourth-order valence-electron chi connectivity index (χ4n) is 2.02. The van der Waals surface area contributed by atoms with Gasteiger partial charge in [-0.2, -0.15) is 0 Å². The van der Waals surface area contributed by atoms with Crippen LogP contribution in [0.4, 0.5) is 10.5 Å². The van der Waals surface area contributed by atoms with Crippen LogP contribution in [0, 0.1) is 0 Å². The standard InChI is InChI=1S/C12H15Cl2N4O2PS/c13-6-8-17(9-7-14)21(20)15-11(19)18(12(22)16-21)10-4-2-1-3-5-10/h1-5H,6-9H2,(H2,15,16,19,20,22). The van der Waals surface area contributed by atoms with Crippen molar-refractivity contribution in [3.63, 3.8) is 0 Å². The van der Waals surface area contributed by atoms with Crippen molar-refractivity contribution in [3.8, 4) is 0 Å². The maximum absolute atomic E-state index is 13.0. The molecule has 22 heavy (non-hydrogen) atoms. The molecule has 1 fully saturated rings. The third-order valence-corrected chi connectivity index (χ3v) is 5.98. The van der Waals surface area contributed by atoms with E-state index < -0.39 is 13.6 Å². The Hall–Kier alpha value is -0.850. The van der Waals surface area contributed by atoms with Crippen molar-refractivity contribution in [2.24, 2.45) is 0 Å². The third-order valence-electron chi connectivity index (χ3n) is 3.00. The monoisotopic (exact) mass is 380 g/mol. The lowest BCUT2D eigenvalue weighted by Crippen LogP contribution is -2.57. The van der Waals surface area contributed by atoms with Gasteiger partial charge in [-0.25, -0.2) is 14.4 Å². The van der Waals surface area contributed by atoms with E-state index in [0.29, 0.717) is 18.8 Å². The van der Waals surface area contributed by atoms with Gasteiger partial charge in [0.15, 0.2) is 5.11 Å². The highest BCUT2D eigenvalue weighted by atomic mass is 35.5. The smallest absolute Gasteiger partial charge is 0.284 e. The highest BCUT2D eigenvalue weighted by Gasteiger charge is 2.41. The number of urea groups is 1. The number of anilines is 1. The Kier molecular flexibility index (Phi) is 6.06. The number of hydrogen-bond donors (Lipinski definition) is 2. The predicted octanol–water partition coefficient (Wildman–Crippen LogP) is 2.98. The van der Waals surface area contributed by atoms with Crippen LogP contribution in [0.5, 0.6) is 0 Å². The van der Waals surface area contributed by atoms with E-state index >= 15 is 0 Å². The fraction of sp³-hybridized carbons (Fsp3) is 0.333. The van der Waals surface area contributed by atoms with Gasteiger partial charge in [-0.3, -0.25) is 14.7 Å². The topological polar surface area (TPSA) is 64.7 Å². The number of amides is 2. The summed E-state index contributed by atoms with van der Waals surface area (Å²) in [5.74, 6) is 0.515. The average Bonchev–Trinajstić information content (AvgIpc) is 2.47. The van der Waals surface area contributed by atoms with Gasteiger partial charge < -0.3 is 0 Å². The molecule has 2 rings (SSSR count). The quantitative estimate of drug-likeness (QED) is 0.451. The minimum atomic E-state index is -3.39. The summed E-state index contributed by atoms with van der Waals surface area (Å²) in [6, 6.07) is 8.32. The summed E-state index contributed by atoms with van der Waals surface area (Å²) in [6.45, 7) is 0.625. The van der Waals surface area contributed by atoms with Crippen LogP contribution in [-0.2, 0) is 4.57 Å². The molecule has 0 radical (unpaired) electrons. The SMILES string of the molecule is O=C1NP(=O)(N(CCCl)CCCl)NC(=S)N1c1ccccc1. The first-order chi connectivity index (χ1) is 10.5. The van der Waals surface area contributed by atoms with Crippen molar-refractivity contribution in [1.82, 2.24) is 14.8 Å². The van der Waals surface area contributed by atoms with Crippen LogP contribution >= 0.6 is 43.0 Å². The number of para-hydroxylation sites is 1. The van der Waals surface area contributed by atoms with E-state index in [0.717, 1.165) is 0 Å². The van der Waals surface area contributed by atoms with Gasteiger partial charge in [-0.05, 0) is 24.4 Å². The van der Waals surface area contributed by atoms with Gasteiger partial charge in [-0.15, -0.1) is 23.2 Å². The molecule has 1 aliphatic rings. The maximum atomic E-state index is 13.0. The van der Waals surface area contributed by atoms with Gasteiger partial charge in [0, 0.05) is 24.8 Å². The Morgan fingerprint density at radius 1 is 1.14 bits per heavy atom. The van der Waals surface area contributed by atoms with E-state index in [1.165, 1.54) is 9.57 Å². The van der Waals surface area contributed by atoms with Gasteiger partial charge >= 0.3 is 13.6 Å². The van der Waals surface area contributed by atoms with Crippen LogP contribution in [0.3, 0.4) is 0 Å². The number of nitrogens with zero attached hydrogens (tertiary/aromatic N) is 2. The van der Waals surface area contributed by atoms with E-state index in [4.69, 9.17) is 35.4 Å². The zero-order valence-electron chi connectivity index (χ0n) is 11.5. The Bertz CT molecular complexity index is 576. The van der Waals surface area contributed by atoms with Gasteiger partial charge in [0.05, 0.1) is 5.69 Å². The Morgan fingerprint density at radius 3 is 2.23 bits per heavy atom. The summed E-state index contributed by atoms with van der Waals surface area (Å²) >= 11 is 16.7. The van der Waals surface area contributed by atoms with Gasteiger partial charge in [0.2, 0.25) is 0 Å². The number of carbonyl (C=O) groups excluding carboxylic acids is 1. The average molecular weight is 381 g/mol. The van der Waals surface area contributed by atoms with E-state index in [1.54, 1.807) is 24.3 Å². The molecule has 1 heterocycles. The number of thiocarbonyl (C=S) groups is 1. The lowest BCUT2D eigenvalue weighted by Gasteiger charge is -2.39. The van der Waals surface area contributed by atoms with Gasteiger partial charge in [-0.1, -0.05) is 18.2 Å². The van der Waals surface area contributed by atoms with Crippen LogP contribution in [0.1, 0.15) is 0 Å². The molecule has 2 N–H and O–H groups in total. The molecular formula is C12H15Cl2N4O2PS. The molecule has 0 saturated carbocycles. The van der Waals surface area contributed by atoms with Crippen molar-refractivity contribution >= 4 is 59.8 Å². The second-order valence-electron chi connectivity index (χ2n) is 4.41. The second kappa shape index (κ2) is 7.62. The van der Waals surface area contributed by atoms with Crippen molar-refractivity contribution in [1.29, 1.82) is 0 Å². The number of alkyl halides is 2. The second-order valence-corrected chi connectivity index (χ2v) is 7.72. The van der Waals surface area contributed by atoms with E-state index in [2.05, 4.69) is 10.2 Å². The molecule has 1 aromatic rings. The predicted molar refractivity (Wildman–Crippen MR) is 93.8 cm³/mol. The largest absolute Gasteiger partial charge is 0.336 e. The number of halogens is 2. The van der Waals surface area contributed by atoms with Crippen molar-refractivity contribution in [2.45, 2.75) is 0 Å². The highest BCUT2D eigenvalue weighted by molar-refractivity contribution is 7.81. The summed E-state index contributed by atoms with van der Waals surface area (Å²) in [6.07, 6.45) is 0. The lowest BCUT2D eigenvalue weighted by atomic mass is 10.3. The number of rotatable bonds is 6. The molecule has 0 spiro atoms. The first kappa shape index (κ1) is 17.5. The molecule has 10 heteroatoms. The maximum Gasteiger partial charge on any atom is 0.336 e. The van der Waals surface area contributed by atoms with Gasteiger partial charge in [0.25, 0.3) is 0 Å². The van der Waals surface area contributed by atoms with E-state index in [9.17, 15) is 9.36 Å². The first-order valence-corrected chi connectivity index (χ1v) is 9.62. The van der Waals surface area contributed by atoms with Crippen molar-refractivity contribution in [2.75, 3.05) is 29.7 Å². The molecule has 1 saturated heterocycles. The zero-order valence-corrected chi connectivity index (χ0v) is 14.8. The Labute approximate surface area is 144 Å². The number of carbonyl (C=O) groups is 1. The van der Waals surface area contributed by atoms with Crippen LogP contribution in [0.2, 0.25) is 0 Å². The Morgan fingerprint density at radius 2 is 1.73 bits per heavy atom. The molecule has 1 atom stereocenters. The zero-order chi connectivity index (χ0) is 16.2. The summed E-state index contributed by atoms with van der Waals surface area (Å²) in [4.78, 5) is 13.6. The normalized spacial score (nSPS) is 21.7. The molecule has 1 unspecified atom stereocenters. The van der Waals surface area contributed by atoms with Crippen LogP contribution in [0.15, 0.2) is 30.3 Å². The molecule has 120 valence electrons.